The zero-order chi connectivity index (χ0) is 20.4. The fourth-order valence-corrected chi connectivity index (χ4v) is 5.14. The minimum Gasteiger partial charge on any atom is -0.507 e. The molecule has 0 bridgehead atoms. The van der Waals surface area contributed by atoms with Crippen molar-refractivity contribution in [1.29, 1.82) is 0 Å². The Balaban J connectivity index is 2.46. The van der Waals surface area contributed by atoms with Crippen LogP contribution < -0.4 is 0 Å². The zero-order valence-electron chi connectivity index (χ0n) is 16.1. The molecule has 1 aliphatic rings. The first kappa shape index (κ1) is 22.2. The van der Waals surface area contributed by atoms with Gasteiger partial charge in [0.2, 0.25) is 0 Å². The molecule has 1 atom stereocenters. The number of thioether (sulfide) groups is 1. The Morgan fingerprint density at radius 1 is 1.22 bits per heavy atom. The third-order valence-electron chi connectivity index (χ3n) is 4.57. The molecule has 1 fully saturated rings. The van der Waals surface area contributed by atoms with E-state index in [0.717, 1.165) is 27.9 Å². The van der Waals surface area contributed by atoms with E-state index in [0.29, 0.717) is 18.0 Å². The number of rotatable bonds is 6. The van der Waals surface area contributed by atoms with E-state index in [2.05, 4.69) is 0 Å². The topological polar surface area (TPSA) is 98.1 Å². The molecule has 2 rings (SSSR count). The number of phenols is 1. The van der Waals surface area contributed by atoms with Crippen LogP contribution >= 0.6 is 19.4 Å². The lowest BCUT2D eigenvalue weighted by molar-refractivity contribution is -0.110. The van der Waals surface area contributed by atoms with Gasteiger partial charge in [0.05, 0.1) is 6.04 Å². The average molecular weight is 413 g/mol. The summed E-state index contributed by atoms with van der Waals surface area (Å²) in [6, 6.07) is 3.17. The van der Waals surface area contributed by atoms with E-state index in [-0.39, 0.29) is 11.8 Å². The highest BCUT2D eigenvalue weighted by Gasteiger charge is 2.31. The molecule has 1 aromatic carbocycles. The van der Waals surface area contributed by atoms with Crippen molar-refractivity contribution in [2.75, 3.05) is 18.6 Å². The highest BCUT2D eigenvalue weighted by Crippen LogP contribution is 2.40. The first-order valence-corrected chi connectivity index (χ1v) is 11.8. The maximum Gasteiger partial charge on any atom is 0.339 e. The number of aldehydes is 1. The molecule has 27 heavy (non-hydrogen) atoms. The molecule has 150 valence electrons. The molecule has 8 heteroatoms. The van der Waals surface area contributed by atoms with Crippen LogP contribution in [0.5, 0.6) is 5.75 Å². The van der Waals surface area contributed by atoms with Crippen LogP contribution in [-0.4, -0.2) is 50.7 Å². The van der Waals surface area contributed by atoms with Crippen LogP contribution in [0.3, 0.4) is 0 Å². The van der Waals surface area contributed by atoms with E-state index in [4.69, 9.17) is 0 Å². The second kappa shape index (κ2) is 8.93. The fraction of sp³-hybridized carbons (Fsp3) is 0.526. The lowest BCUT2D eigenvalue weighted by atomic mass is 9.91. The summed E-state index contributed by atoms with van der Waals surface area (Å²) >= 11 is 1.53. The predicted octanol–water partition coefficient (Wildman–Crippen LogP) is 3.73. The van der Waals surface area contributed by atoms with Gasteiger partial charge in [0.15, 0.2) is 0 Å². The van der Waals surface area contributed by atoms with Crippen molar-refractivity contribution >= 4 is 31.7 Å². The number of hydrogen-bond donors (Lipinski definition) is 3. The lowest BCUT2D eigenvalue weighted by Crippen LogP contribution is -2.42. The van der Waals surface area contributed by atoms with Crippen molar-refractivity contribution in [2.24, 2.45) is 0 Å². The normalized spacial score (nSPS) is 20.6. The van der Waals surface area contributed by atoms with Crippen LogP contribution in [0.15, 0.2) is 17.0 Å². The lowest BCUT2D eigenvalue weighted by Gasteiger charge is -2.33. The van der Waals surface area contributed by atoms with Crippen LogP contribution in [0.4, 0.5) is 0 Å². The van der Waals surface area contributed by atoms with E-state index in [1.54, 1.807) is 0 Å². The number of benzene rings is 1. The summed E-state index contributed by atoms with van der Waals surface area (Å²) in [6.45, 7) is 8.51. The predicted molar refractivity (Wildman–Crippen MR) is 110 cm³/mol. The van der Waals surface area contributed by atoms with Gasteiger partial charge in [-0.2, -0.15) is 0 Å². The number of carbonyl (C=O) groups excluding carboxylic acids is 1. The van der Waals surface area contributed by atoms with Crippen molar-refractivity contribution in [1.82, 2.24) is 4.90 Å². The third-order valence-corrected chi connectivity index (χ3v) is 6.38. The van der Waals surface area contributed by atoms with Gasteiger partial charge in [-0.15, -0.1) is 11.8 Å². The van der Waals surface area contributed by atoms with Crippen molar-refractivity contribution < 1.29 is 24.3 Å². The Hall–Kier alpha value is -1.11. The van der Waals surface area contributed by atoms with E-state index >= 15 is 0 Å². The highest BCUT2D eigenvalue weighted by atomic mass is 32.2. The molecule has 0 aliphatic carbocycles. The minimum atomic E-state index is -4.24. The second-order valence-corrected chi connectivity index (χ2v) is 10.2. The largest absolute Gasteiger partial charge is 0.507 e. The molecule has 1 aliphatic heterocycles. The summed E-state index contributed by atoms with van der Waals surface area (Å²) in [7, 11) is -4.24. The summed E-state index contributed by atoms with van der Waals surface area (Å²) in [6.07, 6.45) is 2.20. The Morgan fingerprint density at radius 2 is 1.78 bits per heavy atom. The highest BCUT2D eigenvalue weighted by molar-refractivity contribution is 8.03. The summed E-state index contributed by atoms with van der Waals surface area (Å²) in [5.41, 5.74) is 2.58. The third kappa shape index (κ3) is 5.69. The molecule has 0 radical (unpaired) electrons. The fourth-order valence-electron chi connectivity index (χ4n) is 3.19. The Morgan fingerprint density at radius 3 is 2.22 bits per heavy atom. The van der Waals surface area contributed by atoms with E-state index in [9.17, 15) is 24.3 Å². The maximum atomic E-state index is 11.7. The zero-order valence-corrected chi connectivity index (χ0v) is 17.8. The van der Waals surface area contributed by atoms with Gasteiger partial charge in [-0.25, -0.2) is 0 Å². The first-order valence-electron chi connectivity index (χ1n) is 8.98. The standard InChI is InChI=1S/C19H28NO5PS/c1-12(2)15-7-14(8-16(13(3)4)19(15)22)9-18-17(10-21)20(5-6-27-18)11-26(23,24)25/h7-10,12-13,17,22H,5-6,11H2,1-4H3,(H2,23,24,25). The van der Waals surface area contributed by atoms with Gasteiger partial charge in [0, 0.05) is 17.2 Å². The SMILES string of the molecule is CC(C)c1cc(C=C2SCCN(CP(=O)(O)O)C2C=O)cc(C(C)C)c1O. The van der Waals surface area contributed by atoms with E-state index < -0.39 is 19.9 Å². The van der Waals surface area contributed by atoms with Gasteiger partial charge >= 0.3 is 7.60 Å². The Kier molecular flexibility index (Phi) is 7.33. The minimum absolute atomic E-state index is 0.146. The van der Waals surface area contributed by atoms with Crippen LogP contribution in [0.1, 0.15) is 56.2 Å². The first-order chi connectivity index (χ1) is 12.5. The van der Waals surface area contributed by atoms with Gasteiger partial charge in [-0.05, 0) is 46.7 Å². The molecule has 0 aromatic heterocycles. The van der Waals surface area contributed by atoms with Crippen LogP contribution in [0.25, 0.3) is 6.08 Å². The summed E-state index contributed by atoms with van der Waals surface area (Å²) in [5.74, 6) is 1.26. The maximum absolute atomic E-state index is 11.7. The number of phenolic OH excluding ortho intramolecular Hbond substituents is 1. The Bertz CT molecular complexity index is 742. The van der Waals surface area contributed by atoms with Crippen molar-refractivity contribution in [3.63, 3.8) is 0 Å². The molecule has 1 saturated heterocycles. The molecule has 0 spiro atoms. The van der Waals surface area contributed by atoms with Crippen LogP contribution in [0.2, 0.25) is 0 Å². The molecular weight excluding hydrogens is 385 g/mol. The van der Waals surface area contributed by atoms with E-state index in [1.807, 2.05) is 45.9 Å². The van der Waals surface area contributed by atoms with Gasteiger partial charge in [0.1, 0.15) is 18.3 Å². The van der Waals surface area contributed by atoms with Gasteiger partial charge in [0.25, 0.3) is 0 Å². The van der Waals surface area contributed by atoms with Crippen LogP contribution in [0, 0.1) is 0 Å². The molecule has 1 unspecified atom stereocenters. The smallest absolute Gasteiger partial charge is 0.339 e. The van der Waals surface area contributed by atoms with Gasteiger partial charge < -0.3 is 19.7 Å². The van der Waals surface area contributed by atoms with Crippen molar-refractivity contribution in [2.45, 2.75) is 45.6 Å². The van der Waals surface area contributed by atoms with Crippen LogP contribution in [-0.2, 0) is 9.36 Å². The molecule has 0 amide bonds. The van der Waals surface area contributed by atoms with Crippen molar-refractivity contribution in [3.8, 4) is 5.75 Å². The number of hydrogen-bond acceptors (Lipinski definition) is 5. The monoisotopic (exact) mass is 413 g/mol. The number of carbonyl (C=O) groups is 1. The van der Waals surface area contributed by atoms with Gasteiger partial charge in [-0.1, -0.05) is 27.7 Å². The molecule has 1 heterocycles. The van der Waals surface area contributed by atoms with E-state index in [1.165, 1.54) is 16.7 Å². The Labute approximate surface area is 164 Å². The quantitative estimate of drug-likeness (QED) is 0.483. The second-order valence-electron chi connectivity index (χ2n) is 7.45. The average Bonchev–Trinajstić information content (AvgIpc) is 2.54. The van der Waals surface area contributed by atoms with Crippen molar-refractivity contribution in [3.05, 3.63) is 33.7 Å². The summed E-state index contributed by atoms with van der Waals surface area (Å²) < 4.78 is 11.4. The molecular formula is C19H28NO5PS. The number of nitrogens with zero attached hydrogens (tertiary/aromatic N) is 1. The molecule has 6 nitrogen and oxygen atoms in total. The van der Waals surface area contributed by atoms with Gasteiger partial charge in [-0.3, -0.25) is 9.46 Å². The molecule has 1 aromatic rings. The molecule has 0 saturated carbocycles. The molecule has 3 N–H and O–H groups in total. The summed E-state index contributed by atoms with van der Waals surface area (Å²) in [5, 5.41) is 10.6. The number of aromatic hydroxyl groups is 1. The summed E-state index contributed by atoms with van der Waals surface area (Å²) in [4.78, 5) is 32.5.